The summed E-state index contributed by atoms with van der Waals surface area (Å²) in [6.45, 7) is 4.55. The number of morpholine rings is 1. The zero-order chi connectivity index (χ0) is 16.7. The highest BCUT2D eigenvalue weighted by Gasteiger charge is 2.46. The Morgan fingerprint density at radius 1 is 1.25 bits per heavy atom. The SMILES string of the molecule is CC1(C)CN(C(=O)c2nnc(-c3ccncc3)o2)[C@@H]2CCC[C@H]2O1. The summed E-state index contributed by atoms with van der Waals surface area (Å²) in [5, 5.41) is 7.96. The highest BCUT2D eigenvalue weighted by molar-refractivity contribution is 5.90. The van der Waals surface area contributed by atoms with E-state index in [1.54, 1.807) is 24.5 Å². The summed E-state index contributed by atoms with van der Waals surface area (Å²) in [7, 11) is 0. The molecule has 1 saturated carbocycles. The number of ether oxygens (including phenoxy) is 1. The van der Waals surface area contributed by atoms with Crippen molar-refractivity contribution in [2.24, 2.45) is 0 Å². The van der Waals surface area contributed by atoms with Gasteiger partial charge in [-0.05, 0) is 45.2 Å². The van der Waals surface area contributed by atoms with Gasteiger partial charge >= 0.3 is 11.8 Å². The van der Waals surface area contributed by atoms with Gasteiger partial charge in [0.25, 0.3) is 0 Å². The van der Waals surface area contributed by atoms with Crippen LogP contribution in [0.3, 0.4) is 0 Å². The van der Waals surface area contributed by atoms with Crippen LogP contribution in [0, 0.1) is 0 Å². The van der Waals surface area contributed by atoms with Crippen LogP contribution >= 0.6 is 0 Å². The van der Waals surface area contributed by atoms with Crippen molar-refractivity contribution in [3.63, 3.8) is 0 Å². The summed E-state index contributed by atoms with van der Waals surface area (Å²) in [6.07, 6.45) is 6.41. The van der Waals surface area contributed by atoms with Crippen LogP contribution in [0.2, 0.25) is 0 Å². The van der Waals surface area contributed by atoms with Crippen molar-refractivity contribution < 1.29 is 13.9 Å². The lowest BCUT2D eigenvalue weighted by Crippen LogP contribution is -2.58. The number of nitrogens with zero attached hydrogens (tertiary/aromatic N) is 4. The molecule has 0 spiro atoms. The molecule has 2 fully saturated rings. The second-order valence-electron chi connectivity index (χ2n) is 7.00. The molecule has 2 atom stereocenters. The van der Waals surface area contributed by atoms with E-state index in [2.05, 4.69) is 15.2 Å². The molecule has 126 valence electrons. The van der Waals surface area contributed by atoms with Gasteiger partial charge < -0.3 is 14.1 Å². The van der Waals surface area contributed by atoms with Gasteiger partial charge in [0.15, 0.2) is 0 Å². The maximum absolute atomic E-state index is 12.9. The number of carbonyl (C=O) groups is 1. The van der Waals surface area contributed by atoms with Crippen molar-refractivity contribution in [1.82, 2.24) is 20.1 Å². The van der Waals surface area contributed by atoms with Crippen molar-refractivity contribution in [3.05, 3.63) is 30.4 Å². The summed E-state index contributed by atoms with van der Waals surface area (Å²) in [4.78, 5) is 18.7. The van der Waals surface area contributed by atoms with Gasteiger partial charge in [-0.2, -0.15) is 0 Å². The van der Waals surface area contributed by atoms with Gasteiger partial charge in [-0.3, -0.25) is 9.78 Å². The Bertz CT molecular complexity index is 743. The number of fused-ring (bicyclic) bond motifs is 1. The van der Waals surface area contributed by atoms with Gasteiger partial charge in [0.1, 0.15) is 0 Å². The number of hydrogen-bond donors (Lipinski definition) is 0. The summed E-state index contributed by atoms with van der Waals surface area (Å²) >= 11 is 0. The minimum absolute atomic E-state index is 0.0326. The van der Waals surface area contributed by atoms with Gasteiger partial charge in [0, 0.05) is 18.0 Å². The molecule has 7 nitrogen and oxygen atoms in total. The van der Waals surface area contributed by atoms with Crippen LogP contribution in [0.4, 0.5) is 0 Å². The summed E-state index contributed by atoms with van der Waals surface area (Å²) in [5.74, 6) is 0.150. The van der Waals surface area contributed by atoms with Crippen molar-refractivity contribution in [2.75, 3.05) is 6.54 Å². The Hall–Kier alpha value is -2.28. The highest BCUT2D eigenvalue weighted by atomic mass is 16.5. The van der Waals surface area contributed by atoms with Crippen LogP contribution in [-0.2, 0) is 4.74 Å². The fourth-order valence-electron chi connectivity index (χ4n) is 3.64. The lowest BCUT2D eigenvalue weighted by atomic mass is 10.0. The predicted molar refractivity (Wildman–Crippen MR) is 85.2 cm³/mol. The zero-order valence-corrected chi connectivity index (χ0v) is 13.8. The first-order valence-electron chi connectivity index (χ1n) is 8.26. The first-order valence-corrected chi connectivity index (χ1v) is 8.26. The van der Waals surface area contributed by atoms with Gasteiger partial charge in [-0.1, -0.05) is 0 Å². The normalized spacial score (nSPS) is 25.5. The van der Waals surface area contributed by atoms with Crippen LogP contribution in [0.25, 0.3) is 11.5 Å². The van der Waals surface area contributed by atoms with Crippen LogP contribution in [0.15, 0.2) is 28.9 Å². The summed E-state index contributed by atoms with van der Waals surface area (Å²) < 4.78 is 11.7. The van der Waals surface area contributed by atoms with E-state index in [-0.39, 0.29) is 29.5 Å². The van der Waals surface area contributed by atoms with E-state index in [1.807, 2.05) is 18.7 Å². The Kier molecular flexibility index (Phi) is 3.60. The van der Waals surface area contributed by atoms with Crippen molar-refractivity contribution in [3.8, 4) is 11.5 Å². The number of aromatic nitrogens is 3. The molecule has 0 N–H and O–H groups in total. The van der Waals surface area contributed by atoms with Crippen molar-refractivity contribution >= 4 is 5.91 Å². The van der Waals surface area contributed by atoms with Crippen molar-refractivity contribution in [1.29, 1.82) is 0 Å². The molecule has 7 heteroatoms. The van der Waals surface area contributed by atoms with E-state index in [0.717, 1.165) is 24.8 Å². The van der Waals surface area contributed by atoms with Gasteiger partial charge in [-0.25, -0.2) is 0 Å². The summed E-state index contributed by atoms with van der Waals surface area (Å²) in [5.41, 5.74) is 0.382. The monoisotopic (exact) mass is 328 g/mol. The number of amides is 1. The third-order valence-corrected chi connectivity index (χ3v) is 4.64. The fourth-order valence-corrected chi connectivity index (χ4v) is 3.64. The maximum Gasteiger partial charge on any atom is 0.311 e. The quantitative estimate of drug-likeness (QED) is 0.841. The first kappa shape index (κ1) is 15.3. The smallest absolute Gasteiger partial charge is 0.311 e. The lowest BCUT2D eigenvalue weighted by molar-refractivity contribution is -0.142. The van der Waals surface area contributed by atoms with Crippen LogP contribution in [0.5, 0.6) is 0 Å². The number of rotatable bonds is 2. The molecule has 1 saturated heterocycles. The molecular weight excluding hydrogens is 308 g/mol. The molecule has 0 unspecified atom stereocenters. The van der Waals surface area contributed by atoms with Gasteiger partial charge in [-0.15, -0.1) is 10.2 Å². The lowest BCUT2D eigenvalue weighted by Gasteiger charge is -2.45. The van der Waals surface area contributed by atoms with Gasteiger partial charge in [0.05, 0.1) is 24.3 Å². The van der Waals surface area contributed by atoms with E-state index >= 15 is 0 Å². The second-order valence-corrected chi connectivity index (χ2v) is 7.00. The number of pyridine rings is 1. The van der Waals surface area contributed by atoms with Crippen LogP contribution in [-0.4, -0.2) is 50.3 Å². The predicted octanol–water partition coefficient (Wildman–Crippen LogP) is 2.30. The molecule has 1 aliphatic heterocycles. The second kappa shape index (κ2) is 5.66. The Labute approximate surface area is 140 Å². The zero-order valence-electron chi connectivity index (χ0n) is 13.8. The Morgan fingerprint density at radius 3 is 2.83 bits per heavy atom. The van der Waals surface area contributed by atoms with Crippen molar-refractivity contribution in [2.45, 2.75) is 50.9 Å². The minimum atomic E-state index is -0.366. The van der Waals surface area contributed by atoms with E-state index in [1.165, 1.54) is 0 Å². The number of hydrogen-bond acceptors (Lipinski definition) is 6. The largest absolute Gasteiger partial charge is 0.412 e. The molecular formula is C17H20N4O3. The van der Waals surface area contributed by atoms with E-state index in [9.17, 15) is 4.79 Å². The standard InChI is InChI=1S/C17H20N4O3/c1-17(2)10-21(12-4-3-5-13(12)24-17)16(22)15-20-19-14(23-15)11-6-8-18-9-7-11/h6-9,12-13H,3-5,10H2,1-2H3/t12-,13-/m1/s1. The Balaban J connectivity index is 1.60. The maximum atomic E-state index is 12.9. The molecule has 2 aromatic heterocycles. The topological polar surface area (TPSA) is 81.4 Å². The summed E-state index contributed by atoms with van der Waals surface area (Å²) in [6, 6.07) is 3.64. The van der Waals surface area contributed by atoms with Gasteiger partial charge in [0.2, 0.25) is 5.89 Å². The van der Waals surface area contributed by atoms with Crippen LogP contribution in [0.1, 0.15) is 43.8 Å². The molecule has 3 heterocycles. The van der Waals surface area contributed by atoms with Crippen LogP contribution < -0.4 is 0 Å². The highest BCUT2D eigenvalue weighted by Crippen LogP contribution is 2.36. The average molecular weight is 328 g/mol. The first-order chi connectivity index (χ1) is 11.5. The average Bonchev–Trinajstić information content (AvgIpc) is 3.22. The molecule has 24 heavy (non-hydrogen) atoms. The minimum Gasteiger partial charge on any atom is -0.412 e. The molecule has 2 aromatic rings. The third kappa shape index (κ3) is 2.69. The molecule has 4 rings (SSSR count). The Morgan fingerprint density at radius 2 is 2.04 bits per heavy atom. The molecule has 0 radical (unpaired) electrons. The fraction of sp³-hybridized carbons (Fsp3) is 0.529. The molecule has 1 amide bonds. The molecule has 2 aliphatic rings. The molecule has 1 aliphatic carbocycles. The molecule has 0 bridgehead atoms. The van der Waals surface area contributed by atoms with E-state index in [4.69, 9.17) is 9.15 Å². The molecule has 0 aromatic carbocycles. The number of carbonyl (C=O) groups excluding carboxylic acids is 1. The third-order valence-electron chi connectivity index (χ3n) is 4.64. The van der Waals surface area contributed by atoms with E-state index < -0.39 is 0 Å². The van der Waals surface area contributed by atoms with E-state index in [0.29, 0.717) is 12.4 Å².